The Labute approximate surface area is 173 Å². The molecule has 0 aliphatic carbocycles. The van der Waals surface area contributed by atoms with Crippen LogP contribution in [-0.2, 0) is 9.59 Å². The largest absolute Gasteiger partial charge is 0.507 e. The number of benzene rings is 3. The zero-order valence-corrected chi connectivity index (χ0v) is 16.4. The molecule has 3 aromatic carbocycles. The van der Waals surface area contributed by atoms with Crippen LogP contribution in [0.5, 0.6) is 0 Å². The number of anilines is 1. The number of ketones is 1. The summed E-state index contributed by atoms with van der Waals surface area (Å²) in [6.45, 7) is 1.96. The summed E-state index contributed by atoms with van der Waals surface area (Å²) in [5, 5.41) is 11.4. The van der Waals surface area contributed by atoms with Crippen molar-refractivity contribution in [3.8, 4) is 0 Å². The summed E-state index contributed by atoms with van der Waals surface area (Å²) in [6.07, 6.45) is 0. The highest BCUT2D eigenvalue weighted by atomic mass is 35.5. The van der Waals surface area contributed by atoms with Crippen LogP contribution in [0.2, 0.25) is 5.02 Å². The highest BCUT2D eigenvalue weighted by Gasteiger charge is 2.46. The number of carbonyl (C=O) groups excluding carboxylic acids is 2. The molecular formula is C24H18ClNO3. The maximum atomic E-state index is 13.0. The highest BCUT2D eigenvalue weighted by molar-refractivity contribution is 6.51. The number of aliphatic hydroxyl groups excluding tert-OH is 1. The van der Waals surface area contributed by atoms with Crippen LogP contribution in [0.25, 0.3) is 5.76 Å². The van der Waals surface area contributed by atoms with Gasteiger partial charge in [-0.3, -0.25) is 14.5 Å². The monoisotopic (exact) mass is 403 g/mol. The molecule has 0 radical (unpaired) electrons. The lowest BCUT2D eigenvalue weighted by Crippen LogP contribution is -2.29. The smallest absolute Gasteiger partial charge is 0.300 e. The highest BCUT2D eigenvalue weighted by Crippen LogP contribution is 2.42. The van der Waals surface area contributed by atoms with Crippen molar-refractivity contribution in [2.45, 2.75) is 13.0 Å². The van der Waals surface area contributed by atoms with Gasteiger partial charge < -0.3 is 5.11 Å². The van der Waals surface area contributed by atoms with Gasteiger partial charge >= 0.3 is 0 Å². The molecular weight excluding hydrogens is 386 g/mol. The van der Waals surface area contributed by atoms with E-state index in [-0.39, 0.29) is 11.3 Å². The second-order valence-corrected chi connectivity index (χ2v) is 7.36. The average molecular weight is 404 g/mol. The SMILES string of the molecule is Cc1ccc(C2C(=C(O)c3ccccc3)C(=O)C(=O)N2c2cccc(Cl)c2)cc1. The molecule has 1 aliphatic heterocycles. The Kier molecular flexibility index (Phi) is 4.95. The molecule has 1 N–H and O–H groups in total. The molecule has 0 saturated carbocycles. The zero-order valence-electron chi connectivity index (χ0n) is 15.7. The minimum absolute atomic E-state index is 0.0602. The van der Waals surface area contributed by atoms with Crippen LogP contribution in [0, 0.1) is 6.92 Å². The van der Waals surface area contributed by atoms with Crippen molar-refractivity contribution < 1.29 is 14.7 Å². The van der Waals surface area contributed by atoms with Crippen molar-refractivity contribution in [1.29, 1.82) is 0 Å². The van der Waals surface area contributed by atoms with E-state index in [1.807, 2.05) is 37.3 Å². The van der Waals surface area contributed by atoms with Gasteiger partial charge in [-0.15, -0.1) is 0 Å². The zero-order chi connectivity index (χ0) is 20.5. The topological polar surface area (TPSA) is 57.6 Å². The Morgan fingerprint density at radius 1 is 0.931 bits per heavy atom. The first-order valence-electron chi connectivity index (χ1n) is 9.16. The molecule has 1 fully saturated rings. The number of hydrogen-bond donors (Lipinski definition) is 1. The molecule has 0 bridgehead atoms. The Morgan fingerprint density at radius 3 is 2.28 bits per heavy atom. The molecule has 5 heteroatoms. The summed E-state index contributed by atoms with van der Waals surface area (Å²) >= 11 is 6.13. The third-order valence-electron chi connectivity index (χ3n) is 4.97. The van der Waals surface area contributed by atoms with Gasteiger partial charge in [0.25, 0.3) is 11.7 Å². The molecule has 1 heterocycles. The number of carbonyl (C=O) groups is 2. The number of rotatable bonds is 3. The molecule has 1 unspecified atom stereocenters. The fourth-order valence-electron chi connectivity index (χ4n) is 3.54. The van der Waals surface area contributed by atoms with Crippen LogP contribution in [0.3, 0.4) is 0 Å². The van der Waals surface area contributed by atoms with Gasteiger partial charge in [0.05, 0.1) is 11.6 Å². The van der Waals surface area contributed by atoms with Crippen LogP contribution >= 0.6 is 11.6 Å². The fraction of sp³-hybridized carbons (Fsp3) is 0.0833. The van der Waals surface area contributed by atoms with Gasteiger partial charge in [0, 0.05) is 16.3 Å². The third kappa shape index (κ3) is 3.43. The molecule has 1 amide bonds. The van der Waals surface area contributed by atoms with Gasteiger partial charge in [-0.2, -0.15) is 0 Å². The Balaban J connectivity index is 1.96. The molecule has 3 aromatic rings. The lowest BCUT2D eigenvalue weighted by Gasteiger charge is -2.25. The molecule has 1 saturated heterocycles. The lowest BCUT2D eigenvalue weighted by molar-refractivity contribution is -0.132. The second kappa shape index (κ2) is 7.57. The first-order chi connectivity index (χ1) is 14.0. The van der Waals surface area contributed by atoms with E-state index in [9.17, 15) is 14.7 Å². The summed E-state index contributed by atoms with van der Waals surface area (Å²) in [5.74, 6) is -1.62. The van der Waals surface area contributed by atoms with Crippen molar-refractivity contribution in [2.75, 3.05) is 4.90 Å². The van der Waals surface area contributed by atoms with E-state index in [4.69, 9.17) is 11.6 Å². The maximum absolute atomic E-state index is 13.0. The Bertz CT molecular complexity index is 1120. The lowest BCUT2D eigenvalue weighted by atomic mass is 9.94. The summed E-state index contributed by atoms with van der Waals surface area (Å²) in [4.78, 5) is 27.4. The van der Waals surface area contributed by atoms with Crippen molar-refractivity contribution in [3.05, 3.63) is 106 Å². The van der Waals surface area contributed by atoms with Crippen molar-refractivity contribution in [2.24, 2.45) is 0 Å². The number of hydrogen-bond acceptors (Lipinski definition) is 3. The van der Waals surface area contributed by atoms with Crippen molar-refractivity contribution in [1.82, 2.24) is 0 Å². The number of aliphatic hydroxyl groups is 1. The normalized spacial score (nSPS) is 18.3. The number of Topliss-reactive ketones (excluding diaryl/α,β-unsaturated/α-hetero) is 1. The number of aryl methyl sites for hydroxylation is 1. The van der Waals surface area contributed by atoms with Gasteiger partial charge in [0.15, 0.2) is 0 Å². The number of nitrogens with zero attached hydrogens (tertiary/aromatic N) is 1. The summed E-state index contributed by atoms with van der Waals surface area (Å²) in [6, 6.07) is 22.3. The molecule has 4 nitrogen and oxygen atoms in total. The van der Waals surface area contributed by atoms with E-state index in [1.165, 1.54) is 4.90 Å². The second-order valence-electron chi connectivity index (χ2n) is 6.93. The molecule has 29 heavy (non-hydrogen) atoms. The van der Waals surface area contributed by atoms with E-state index in [0.717, 1.165) is 11.1 Å². The van der Waals surface area contributed by atoms with Crippen LogP contribution in [-0.4, -0.2) is 16.8 Å². The molecule has 0 spiro atoms. The van der Waals surface area contributed by atoms with Crippen LogP contribution in [0.1, 0.15) is 22.7 Å². The van der Waals surface area contributed by atoms with E-state index < -0.39 is 17.7 Å². The summed E-state index contributed by atoms with van der Waals surface area (Å²) < 4.78 is 0. The van der Waals surface area contributed by atoms with Gasteiger partial charge in [-0.05, 0) is 30.7 Å². The molecule has 0 aromatic heterocycles. The van der Waals surface area contributed by atoms with E-state index in [1.54, 1.807) is 48.5 Å². The standard InChI is InChI=1S/C24H18ClNO3/c1-15-10-12-16(13-11-15)21-20(22(27)17-6-3-2-4-7-17)23(28)24(29)26(21)19-9-5-8-18(25)14-19/h2-14,21,27H,1H3. The predicted octanol–water partition coefficient (Wildman–Crippen LogP) is 5.27. The predicted molar refractivity (Wildman–Crippen MR) is 114 cm³/mol. The minimum Gasteiger partial charge on any atom is -0.507 e. The first-order valence-corrected chi connectivity index (χ1v) is 9.53. The fourth-order valence-corrected chi connectivity index (χ4v) is 3.73. The van der Waals surface area contributed by atoms with Gasteiger partial charge in [-0.25, -0.2) is 0 Å². The van der Waals surface area contributed by atoms with Gasteiger partial charge in [0.2, 0.25) is 0 Å². The van der Waals surface area contributed by atoms with Crippen LogP contribution in [0.15, 0.2) is 84.4 Å². The van der Waals surface area contributed by atoms with Gasteiger partial charge in [0.1, 0.15) is 5.76 Å². The van der Waals surface area contributed by atoms with E-state index >= 15 is 0 Å². The van der Waals surface area contributed by atoms with Crippen molar-refractivity contribution >= 4 is 34.7 Å². The van der Waals surface area contributed by atoms with Crippen molar-refractivity contribution in [3.63, 3.8) is 0 Å². The van der Waals surface area contributed by atoms with E-state index in [2.05, 4.69) is 0 Å². The van der Waals surface area contributed by atoms with E-state index in [0.29, 0.717) is 16.3 Å². The van der Waals surface area contributed by atoms with Crippen LogP contribution in [0.4, 0.5) is 5.69 Å². The maximum Gasteiger partial charge on any atom is 0.300 e. The third-order valence-corrected chi connectivity index (χ3v) is 5.21. The quantitative estimate of drug-likeness (QED) is 0.368. The summed E-state index contributed by atoms with van der Waals surface area (Å²) in [5.41, 5.74) is 2.82. The van der Waals surface area contributed by atoms with Crippen LogP contribution < -0.4 is 4.90 Å². The molecule has 144 valence electrons. The minimum atomic E-state index is -0.755. The molecule has 1 atom stereocenters. The Hall–Kier alpha value is -3.37. The summed E-state index contributed by atoms with van der Waals surface area (Å²) in [7, 11) is 0. The van der Waals surface area contributed by atoms with Gasteiger partial charge in [-0.1, -0.05) is 77.8 Å². The first kappa shape index (κ1) is 19.0. The Morgan fingerprint density at radius 2 is 1.62 bits per heavy atom. The number of halogens is 1. The molecule has 1 aliphatic rings. The number of amides is 1. The molecule has 4 rings (SSSR count). The average Bonchev–Trinajstić information content (AvgIpc) is 2.99.